The number of hydrogen-bond donors (Lipinski definition) is 0. The first kappa shape index (κ1) is 15.9. The quantitative estimate of drug-likeness (QED) is 0.863. The molecule has 1 aliphatic rings. The smallest absolute Gasteiger partial charge is 0.243 e. The van der Waals surface area contributed by atoms with Crippen LogP contribution in [0.1, 0.15) is 0 Å². The summed E-state index contributed by atoms with van der Waals surface area (Å²) in [6, 6.07) is 11.1. The average molecular weight is 338 g/mol. The van der Waals surface area contributed by atoms with E-state index in [2.05, 4.69) is 0 Å². The zero-order valence-electron chi connectivity index (χ0n) is 12.3. The molecule has 0 radical (unpaired) electrons. The van der Waals surface area contributed by atoms with Crippen molar-refractivity contribution in [2.75, 3.05) is 31.1 Å². The Morgan fingerprint density at radius 2 is 1.48 bits per heavy atom. The van der Waals surface area contributed by atoms with Gasteiger partial charge < -0.3 is 4.90 Å². The standard InChI is InChI=1S/C16H16F2N2O2S/c17-13-4-6-15(7-5-13)19-8-10-20(11-9-19)23(21,22)16-3-1-2-14(18)12-16/h1-7,12H,8-11H2. The van der Waals surface area contributed by atoms with Gasteiger partial charge in [-0.3, -0.25) is 0 Å². The van der Waals surface area contributed by atoms with E-state index in [9.17, 15) is 17.2 Å². The molecule has 3 rings (SSSR count). The Hall–Kier alpha value is -1.99. The monoisotopic (exact) mass is 338 g/mol. The Kier molecular flexibility index (Phi) is 4.32. The summed E-state index contributed by atoms with van der Waals surface area (Å²) >= 11 is 0. The lowest BCUT2D eigenvalue weighted by atomic mass is 10.2. The van der Waals surface area contributed by atoms with E-state index in [0.717, 1.165) is 11.8 Å². The highest BCUT2D eigenvalue weighted by atomic mass is 32.2. The second-order valence-electron chi connectivity index (χ2n) is 5.32. The third-order valence-corrected chi connectivity index (χ3v) is 5.76. The summed E-state index contributed by atoms with van der Waals surface area (Å²) in [5, 5.41) is 0. The van der Waals surface area contributed by atoms with Crippen LogP contribution >= 0.6 is 0 Å². The zero-order valence-corrected chi connectivity index (χ0v) is 13.1. The summed E-state index contributed by atoms with van der Waals surface area (Å²) in [7, 11) is -3.69. The fourth-order valence-corrected chi connectivity index (χ4v) is 4.07. The molecule has 0 amide bonds. The summed E-state index contributed by atoms with van der Waals surface area (Å²) in [4.78, 5) is 1.96. The van der Waals surface area contributed by atoms with Crippen LogP contribution in [0.25, 0.3) is 0 Å². The van der Waals surface area contributed by atoms with Gasteiger partial charge in [0.2, 0.25) is 10.0 Å². The molecule has 0 spiro atoms. The van der Waals surface area contributed by atoms with Crippen LogP contribution in [0, 0.1) is 11.6 Å². The van der Waals surface area contributed by atoms with Crippen molar-refractivity contribution in [1.29, 1.82) is 0 Å². The Balaban J connectivity index is 1.72. The number of piperazine rings is 1. The maximum atomic E-state index is 13.3. The first-order valence-corrected chi connectivity index (χ1v) is 8.67. The summed E-state index contributed by atoms with van der Waals surface area (Å²) in [6.07, 6.45) is 0. The number of anilines is 1. The SMILES string of the molecule is O=S(=O)(c1cccc(F)c1)N1CCN(c2ccc(F)cc2)CC1. The molecular formula is C16H16F2N2O2S. The molecule has 2 aromatic rings. The van der Waals surface area contributed by atoms with Gasteiger partial charge in [0.15, 0.2) is 0 Å². The van der Waals surface area contributed by atoms with Gasteiger partial charge >= 0.3 is 0 Å². The molecule has 0 saturated carbocycles. The fraction of sp³-hybridized carbons (Fsp3) is 0.250. The van der Waals surface area contributed by atoms with E-state index in [4.69, 9.17) is 0 Å². The maximum absolute atomic E-state index is 13.3. The zero-order chi connectivity index (χ0) is 16.4. The van der Waals surface area contributed by atoms with Crippen LogP contribution in [0.3, 0.4) is 0 Å². The van der Waals surface area contributed by atoms with Crippen LogP contribution in [0.15, 0.2) is 53.4 Å². The molecule has 0 aliphatic carbocycles. The van der Waals surface area contributed by atoms with Crippen molar-refractivity contribution in [3.05, 3.63) is 60.2 Å². The second kappa shape index (κ2) is 6.25. The van der Waals surface area contributed by atoms with E-state index in [0.29, 0.717) is 26.2 Å². The van der Waals surface area contributed by atoms with Crippen molar-refractivity contribution in [3.63, 3.8) is 0 Å². The van der Waals surface area contributed by atoms with Gasteiger partial charge in [-0.25, -0.2) is 17.2 Å². The largest absolute Gasteiger partial charge is 0.369 e. The molecule has 1 aliphatic heterocycles. The van der Waals surface area contributed by atoms with Crippen molar-refractivity contribution in [2.24, 2.45) is 0 Å². The Morgan fingerprint density at radius 3 is 2.09 bits per heavy atom. The topological polar surface area (TPSA) is 40.6 Å². The van der Waals surface area contributed by atoms with Crippen LogP contribution < -0.4 is 4.90 Å². The number of halogens is 2. The van der Waals surface area contributed by atoms with Gasteiger partial charge in [-0.15, -0.1) is 0 Å². The summed E-state index contributed by atoms with van der Waals surface area (Å²) < 4.78 is 52.6. The van der Waals surface area contributed by atoms with Crippen molar-refractivity contribution in [1.82, 2.24) is 4.31 Å². The average Bonchev–Trinajstić information content (AvgIpc) is 2.56. The summed E-state index contributed by atoms with van der Waals surface area (Å²) in [6.45, 7) is 1.60. The van der Waals surface area contributed by atoms with Gasteiger partial charge in [0.1, 0.15) is 11.6 Å². The van der Waals surface area contributed by atoms with Gasteiger partial charge in [0, 0.05) is 31.9 Å². The molecule has 23 heavy (non-hydrogen) atoms. The number of sulfonamides is 1. The van der Waals surface area contributed by atoms with Crippen LogP contribution in [0.4, 0.5) is 14.5 Å². The fourth-order valence-electron chi connectivity index (χ4n) is 2.62. The van der Waals surface area contributed by atoms with E-state index in [1.165, 1.54) is 34.6 Å². The first-order valence-electron chi connectivity index (χ1n) is 7.23. The van der Waals surface area contributed by atoms with E-state index < -0.39 is 15.8 Å². The molecule has 122 valence electrons. The highest BCUT2D eigenvalue weighted by Gasteiger charge is 2.28. The predicted molar refractivity (Wildman–Crippen MR) is 83.8 cm³/mol. The summed E-state index contributed by atoms with van der Waals surface area (Å²) in [5.74, 6) is -0.878. The second-order valence-corrected chi connectivity index (χ2v) is 7.26. The van der Waals surface area contributed by atoms with Crippen molar-refractivity contribution >= 4 is 15.7 Å². The lowest BCUT2D eigenvalue weighted by Gasteiger charge is -2.35. The van der Waals surface area contributed by atoms with E-state index >= 15 is 0 Å². The molecule has 1 saturated heterocycles. The lowest BCUT2D eigenvalue weighted by molar-refractivity contribution is 0.384. The molecule has 1 heterocycles. The predicted octanol–water partition coefficient (Wildman–Crippen LogP) is 2.48. The normalized spacial score (nSPS) is 16.5. The van der Waals surface area contributed by atoms with E-state index in [-0.39, 0.29) is 10.7 Å². The minimum atomic E-state index is -3.69. The van der Waals surface area contributed by atoms with Crippen molar-refractivity contribution in [2.45, 2.75) is 4.90 Å². The Labute approximate surface area is 134 Å². The van der Waals surface area contributed by atoms with Gasteiger partial charge in [0.25, 0.3) is 0 Å². The van der Waals surface area contributed by atoms with Crippen LogP contribution in [0.2, 0.25) is 0 Å². The summed E-state index contributed by atoms with van der Waals surface area (Å²) in [5.41, 5.74) is 0.856. The van der Waals surface area contributed by atoms with Crippen LogP contribution in [-0.4, -0.2) is 38.9 Å². The third kappa shape index (κ3) is 3.35. The Bertz CT molecular complexity index is 786. The molecular weight excluding hydrogens is 322 g/mol. The molecule has 1 fully saturated rings. The van der Waals surface area contributed by atoms with E-state index in [1.807, 2.05) is 4.90 Å². The molecule has 0 unspecified atom stereocenters. The van der Waals surface area contributed by atoms with Gasteiger partial charge in [-0.05, 0) is 42.5 Å². The molecule has 0 aromatic heterocycles. The lowest BCUT2D eigenvalue weighted by Crippen LogP contribution is -2.48. The molecule has 0 N–H and O–H groups in total. The van der Waals surface area contributed by atoms with Gasteiger partial charge in [-0.1, -0.05) is 6.07 Å². The van der Waals surface area contributed by atoms with Gasteiger partial charge in [0.05, 0.1) is 4.90 Å². The number of nitrogens with zero attached hydrogens (tertiary/aromatic N) is 2. The molecule has 2 aromatic carbocycles. The maximum Gasteiger partial charge on any atom is 0.243 e. The highest BCUT2D eigenvalue weighted by molar-refractivity contribution is 7.89. The third-order valence-electron chi connectivity index (χ3n) is 3.86. The minimum Gasteiger partial charge on any atom is -0.369 e. The number of hydrogen-bond acceptors (Lipinski definition) is 3. The molecule has 0 bridgehead atoms. The van der Waals surface area contributed by atoms with Crippen LogP contribution in [-0.2, 0) is 10.0 Å². The van der Waals surface area contributed by atoms with E-state index in [1.54, 1.807) is 12.1 Å². The molecule has 7 heteroatoms. The Morgan fingerprint density at radius 1 is 0.826 bits per heavy atom. The minimum absolute atomic E-state index is 0.0345. The van der Waals surface area contributed by atoms with Crippen LogP contribution in [0.5, 0.6) is 0 Å². The highest BCUT2D eigenvalue weighted by Crippen LogP contribution is 2.21. The van der Waals surface area contributed by atoms with Crippen molar-refractivity contribution < 1.29 is 17.2 Å². The number of rotatable bonds is 3. The first-order chi connectivity index (χ1) is 11.0. The van der Waals surface area contributed by atoms with Crippen molar-refractivity contribution in [3.8, 4) is 0 Å². The molecule has 4 nitrogen and oxygen atoms in total. The van der Waals surface area contributed by atoms with Gasteiger partial charge in [-0.2, -0.15) is 4.31 Å². The number of benzene rings is 2. The molecule has 0 atom stereocenters.